The van der Waals surface area contributed by atoms with Crippen molar-refractivity contribution in [1.29, 1.82) is 0 Å². The summed E-state index contributed by atoms with van der Waals surface area (Å²) in [6.45, 7) is 5.17. The fourth-order valence-electron chi connectivity index (χ4n) is 2.03. The summed E-state index contributed by atoms with van der Waals surface area (Å²) in [5.41, 5.74) is 0. The van der Waals surface area contributed by atoms with Crippen LogP contribution in [0.1, 0.15) is 24.8 Å². The minimum atomic E-state index is 0.0999. The zero-order chi connectivity index (χ0) is 15.2. The monoisotopic (exact) mass is 306 g/mol. The molecule has 2 atom stereocenters. The van der Waals surface area contributed by atoms with Crippen molar-refractivity contribution in [2.45, 2.75) is 32.5 Å². The van der Waals surface area contributed by atoms with Crippen LogP contribution < -0.4 is 5.32 Å². The van der Waals surface area contributed by atoms with Crippen molar-refractivity contribution in [3.8, 4) is 0 Å². The van der Waals surface area contributed by atoms with Crippen LogP contribution in [-0.2, 0) is 11.3 Å². The molecular weight excluding hydrogens is 284 g/mol. The molecule has 0 fully saturated rings. The predicted octanol–water partition coefficient (Wildman–Crippen LogP) is 2.14. The van der Waals surface area contributed by atoms with Gasteiger partial charge in [0.25, 0.3) is 0 Å². The Balaban J connectivity index is 1.77. The van der Waals surface area contributed by atoms with Crippen LogP contribution in [0.4, 0.5) is 0 Å². The van der Waals surface area contributed by atoms with Gasteiger partial charge in [-0.3, -0.25) is 9.48 Å². The lowest BCUT2D eigenvalue weighted by molar-refractivity contribution is -0.129. The summed E-state index contributed by atoms with van der Waals surface area (Å²) >= 11 is 1.67. The molecule has 0 aromatic carbocycles. The third-order valence-electron chi connectivity index (χ3n) is 3.64. The van der Waals surface area contributed by atoms with Gasteiger partial charge in [0.1, 0.15) is 0 Å². The number of thiophene rings is 1. The van der Waals surface area contributed by atoms with Crippen LogP contribution in [0.25, 0.3) is 0 Å². The van der Waals surface area contributed by atoms with Crippen LogP contribution in [0, 0.1) is 0 Å². The standard InChI is InChI=1S/C15H22N4OS/c1-12(13(2)19-8-5-7-17-19)16-10-15(20)18(3)11-14-6-4-9-21-14/h4-9,12-13,16H,10-11H2,1-3H3/t12-,13-/m1/s1. The molecule has 21 heavy (non-hydrogen) atoms. The molecule has 0 saturated carbocycles. The first-order valence-corrected chi connectivity index (χ1v) is 7.94. The van der Waals surface area contributed by atoms with Gasteiger partial charge in [0.15, 0.2) is 0 Å². The minimum absolute atomic E-state index is 0.0999. The van der Waals surface area contributed by atoms with Crippen LogP contribution in [0.2, 0.25) is 0 Å². The van der Waals surface area contributed by atoms with Crippen molar-refractivity contribution in [3.63, 3.8) is 0 Å². The summed E-state index contributed by atoms with van der Waals surface area (Å²) in [6, 6.07) is 6.33. The van der Waals surface area contributed by atoms with Gasteiger partial charge in [-0.05, 0) is 31.4 Å². The van der Waals surface area contributed by atoms with E-state index in [0.717, 1.165) is 0 Å². The average molecular weight is 306 g/mol. The lowest BCUT2D eigenvalue weighted by Gasteiger charge is -2.23. The maximum absolute atomic E-state index is 12.1. The predicted molar refractivity (Wildman–Crippen MR) is 85.2 cm³/mol. The van der Waals surface area contributed by atoms with Crippen molar-refractivity contribution in [2.75, 3.05) is 13.6 Å². The molecule has 2 aromatic heterocycles. The first-order valence-electron chi connectivity index (χ1n) is 7.06. The molecule has 114 valence electrons. The Morgan fingerprint density at radius 1 is 1.48 bits per heavy atom. The second-order valence-electron chi connectivity index (χ2n) is 5.23. The first-order chi connectivity index (χ1) is 10.1. The van der Waals surface area contributed by atoms with Crippen molar-refractivity contribution in [3.05, 3.63) is 40.8 Å². The van der Waals surface area contributed by atoms with E-state index in [0.29, 0.717) is 13.1 Å². The van der Waals surface area contributed by atoms with E-state index < -0.39 is 0 Å². The molecule has 2 aromatic rings. The second kappa shape index (κ2) is 7.38. The third-order valence-corrected chi connectivity index (χ3v) is 4.50. The SMILES string of the molecule is C[C@H]([C@@H](C)NCC(=O)N(C)Cc1cccs1)n1cccn1. The zero-order valence-corrected chi connectivity index (χ0v) is 13.5. The van der Waals surface area contributed by atoms with Crippen molar-refractivity contribution in [2.24, 2.45) is 0 Å². The molecule has 0 bridgehead atoms. The smallest absolute Gasteiger partial charge is 0.236 e. The van der Waals surface area contributed by atoms with Crippen LogP contribution in [0.15, 0.2) is 36.0 Å². The summed E-state index contributed by atoms with van der Waals surface area (Å²) in [6.07, 6.45) is 3.71. The maximum Gasteiger partial charge on any atom is 0.236 e. The molecule has 0 saturated heterocycles. The molecule has 0 spiro atoms. The van der Waals surface area contributed by atoms with Crippen LogP contribution in [0.3, 0.4) is 0 Å². The van der Waals surface area contributed by atoms with Gasteiger partial charge >= 0.3 is 0 Å². The number of rotatable bonds is 7. The van der Waals surface area contributed by atoms with Gasteiger partial charge in [0, 0.05) is 30.4 Å². The van der Waals surface area contributed by atoms with E-state index in [2.05, 4.69) is 24.3 Å². The van der Waals surface area contributed by atoms with Gasteiger partial charge in [0.05, 0.1) is 19.1 Å². The Kier molecular flexibility index (Phi) is 5.52. The van der Waals surface area contributed by atoms with Gasteiger partial charge in [-0.1, -0.05) is 6.07 Å². The van der Waals surface area contributed by atoms with Crippen LogP contribution in [0.5, 0.6) is 0 Å². The zero-order valence-electron chi connectivity index (χ0n) is 12.7. The molecule has 0 aliphatic rings. The molecule has 2 rings (SSSR count). The Bertz CT molecular complexity index is 538. The van der Waals surface area contributed by atoms with Crippen molar-refractivity contribution < 1.29 is 4.79 Å². The summed E-state index contributed by atoms with van der Waals surface area (Å²) in [5.74, 6) is 0.0999. The molecular formula is C15H22N4OS. The van der Waals surface area contributed by atoms with Gasteiger partial charge < -0.3 is 10.2 Å². The van der Waals surface area contributed by atoms with Gasteiger partial charge in [-0.25, -0.2) is 0 Å². The Morgan fingerprint density at radius 2 is 2.29 bits per heavy atom. The Labute approximate surface area is 129 Å². The third kappa shape index (κ3) is 4.41. The number of hydrogen-bond donors (Lipinski definition) is 1. The highest BCUT2D eigenvalue weighted by Gasteiger charge is 2.16. The fraction of sp³-hybridized carbons (Fsp3) is 0.467. The van der Waals surface area contributed by atoms with Gasteiger partial charge in [-0.15, -0.1) is 11.3 Å². The molecule has 0 unspecified atom stereocenters. The number of amides is 1. The highest BCUT2D eigenvalue weighted by atomic mass is 32.1. The van der Waals surface area contributed by atoms with E-state index in [1.54, 1.807) is 22.4 Å². The Morgan fingerprint density at radius 3 is 2.90 bits per heavy atom. The van der Waals surface area contributed by atoms with Crippen molar-refractivity contribution >= 4 is 17.2 Å². The van der Waals surface area contributed by atoms with E-state index in [-0.39, 0.29) is 18.0 Å². The van der Waals surface area contributed by atoms with E-state index >= 15 is 0 Å². The Hall–Kier alpha value is -1.66. The van der Waals surface area contributed by atoms with Crippen LogP contribution >= 0.6 is 11.3 Å². The quantitative estimate of drug-likeness (QED) is 0.852. The lowest BCUT2D eigenvalue weighted by Crippen LogP contribution is -2.41. The number of nitrogens with one attached hydrogen (secondary N) is 1. The maximum atomic E-state index is 12.1. The summed E-state index contributed by atoms with van der Waals surface area (Å²) in [7, 11) is 1.84. The van der Waals surface area contributed by atoms with E-state index in [1.807, 2.05) is 41.5 Å². The summed E-state index contributed by atoms with van der Waals surface area (Å²) < 4.78 is 1.90. The topological polar surface area (TPSA) is 50.2 Å². The molecule has 6 heteroatoms. The normalized spacial score (nSPS) is 13.9. The largest absolute Gasteiger partial charge is 0.340 e. The van der Waals surface area contributed by atoms with Gasteiger partial charge in [-0.2, -0.15) is 5.10 Å². The molecule has 1 amide bonds. The van der Waals surface area contributed by atoms with Crippen molar-refractivity contribution in [1.82, 2.24) is 20.0 Å². The second-order valence-corrected chi connectivity index (χ2v) is 6.26. The first kappa shape index (κ1) is 15.7. The molecule has 1 N–H and O–H groups in total. The van der Waals surface area contributed by atoms with E-state index in [1.165, 1.54) is 4.88 Å². The van der Waals surface area contributed by atoms with E-state index in [4.69, 9.17) is 0 Å². The average Bonchev–Trinajstić information content (AvgIpc) is 3.16. The highest BCUT2D eigenvalue weighted by Crippen LogP contribution is 2.11. The molecule has 0 aliphatic heterocycles. The summed E-state index contributed by atoms with van der Waals surface area (Å²) in [5, 5.41) is 9.54. The number of carbonyl (C=O) groups excluding carboxylic acids is 1. The number of carbonyl (C=O) groups is 1. The van der Waals surface area contributed by atoms with Crippen LogP contribution in [-0.4, -0.2) is 40.2 Å². The molecule has 2 heterocycles. The number of nitrogens with zero attached hydrogens (tertiary/aromatic N) is 3. The summed E-state index contributed by atoms with van der Waals surface area (Å²) in [4.78, 5) is 15.1. The number of likely N-dealkylation sites (N-methyl/N-ethyl adjacent to an activating group) is 1. The fourth-order valence-corrected chi connectivity index (χ4v) is 2.79. The molecule has 5 nitrogen and oxygen atoms in total. The highest BCUT2D eigenvalue weighted by molar-refractivity contribution is 7.09. The van der Waals surface area contributed by atoms with E-state index in [9.17, 15) is 4.79 Å². The molecule has 0 aliphatic carbocycles. The molecule has 0 radical (unpaired) electrons. The number of hydrogen-bond acceptors (Lipinski definition) is 4. The lowest BCUT2D eigenvalue weighted by atomic mass is 10.2. The van der Waals surface area contributed by atoms with Gasteiger partial charge in [0.2, 0.25) is 5.91 Å². The minimum Gasteiger partial charge on any atom is -0.340 e. The number of aromatic nitrogens is 2.